The highest BCUT2D eigenvalue weighted by Crippen LogP contribution is 2.21. The summed E-state index contributed by atoms with van der Waals surface area (Å²) in [5.74, 6) is 3.64. The quantitative estimate of drug-likeness (QED) is 0.358. The summed E-state index contributed by atoms with van der Waals surface area (Å²) in [6.45, 7) is 0. The molecule has 1 aromatic rings. The molecule has 5 heteroatoms. The van der Waals surface area contributed by atoms with Gasteiger partial charge < -0.3 is 0 Å². The van der Waals surface area contributed by atoms with E-state index in [9.17, 15) is 13.2 Å². The average Bonchev–Trinajstić information content (AvgIpc) is 2.26. The zero-order valence-corrected chi connectivity index (χ0v) is 8.43. The predicted octanol–water partition coefficient (Wildman–Crippen LogP) is 2.02. The predicted molar refractivity (Wildman–Crippen MR) is 54.4 cm³/mol. The van der Waals surface area contributed by atoms with Gasteiger partial charge in [0, 0.05) is 12.5 Å². The van der Waals surface area contributed by atoms with Gasteiger partial charge in [-0.3, -0.25) is 11.3 Å². The zero-order valence-electron chi connectivity index (χ0n) is 8.43. The third-order valence-corrected chi connectivity index (χ3v) is 2.19. The molecular formula is C11H11F3N2. The van der Waals surface area contributed by atoms with Crippen molar-refractivity contribution < 1.29 is 13.2 Å². The second kappa shape index (κ2) is 5.54. The van der Waals surface area contributed by atoms with Crippen molar-refractivity contribution in [3.63, 3.8) is 0 Å². The Bertz CT molecular complexity index is 389. The van der Waals surface area contributed by atoms with Crippen molar-refractivity contribution in [1.82, 2.24) is 5.43 Å². The van der Waals surface area contributed by atoms with E-state index in [0.29, 0.717) is 12.8 Å². The van der Waals surface area contributed by atoms with Crippen molar-refractivity contribution in [2.45, 2.75) is 18.9 Å². The summed E-state index contributed by atoms with van der Waals surface area (Å²) in [5.41, 5.74) is 2.61. The topological polar surface area (TPSA) is 38.0 Å². The molecule has 0 bridgehead atoms. The van der Waals surface area contributed by atoms with Crippen LogP contribution in [0.15, 0.2) is 12.1 Å². The number of hydrogen-bond acceptors (Lipinski definition) is 2. The molecular weight excluding hydrogens is 217 g/mol. The van der Waals surface area contributed by atoms with Crippen molar-refractivity contribution in [2.75, 3.05) is 0 Å². The minimum absolute atomic E-state index is 0.231. The maximum Gasteiger partial charge on any atom is 0.194 e. The first kappa shape index (κ1) is 12.6. The lowest BCUT2D eigenvalue weighted by molar-refractivity contribution is 0.437. The van der Waals surface area contributed by atoms with E-state index in [1.807, 2.05) is 0 Å². The summed E-state index contributed by atoms with van der Waals surface area (Å²) in [6.07, 6.45) is 5.88. The Morgan fingerprint density at radius 1 is 1.31 bits per heavy atom. The largest absolute Gasteiger partial charge is 0.271 e. The average molecular weight is 228 g/mol. The maximum absolute atomic E-state index is 12.9. The highest BCUT2D eigenvalue weighted by molar-refractivity contribution is 5.22. The first-order chi connectivity index (χ1) is 7.60. The smallest absolute Gasteiger partial charge is 0.194 e. The second-order valence-corrected chi connectivity index (χ2v) is 3.26. The van der Waals surface area contributed by atoms with Crippen LogP contribution < -0.4 is 11.3 Å². The van der Waals surface area contributed by atoms with E-state index < -0.39 is 23.5 Å². The van der Waals surface area contributed by atoms with Crippen molar-refractivity contribution in [3.8, 4) is 12.3 Å². The molecule has 2 nitrogen and oxygen atoms in total. The summed E-state index contributed by atoms with van der Waals surface area (Å²) in [5, 5.41) is 0. The molecule has 0 aliphatic rings. The molecule has 0 aromatic heterocycles. The Morgan fingerprint density at radius 3 is 2.31 bits per heavy atom. The normalized spacial score (nSPS) is 12.2. The molecule has 0 radical (unpaired) electrons. The van der Waals surface area contributed by atoms with Crippen molar-refractivity contribution in [1.29, 1.82) is 0 Å². The molecule has 0 amide bonds. The van der Waals surface area contributed by atoms with Gasteiger partial charge in [-0.05, 0) is 24.1 Å². The van der Waals surface area contributed by atoms with E-state index in [-0.39, 0.29) is 5.56 Å². The fourth-order valence-corrected chi connectivity index (χ4v) is 1.35. The van der Waals surface area contributed by atoms with Crippen LogP contribution in [-0.2, 0) is 0 Å². The standard InChI is InChI=1S/C11H11F3N2/c1-2-3-4-10(16-15)7-5-8(12)11(14)9(13)6-7/h1,5-6,10,16H,3-4,15H2. The summed E-state index contributed by atoms with van der Waals surface area (Å²) >= 11 is 0. The van der Waals surface area contributed by atoms with Crippen LogP contribution in [0.3, 0.4) is 0 Å². The maximum atomic E-state index is 12.9. The van der Waals surface area contributed by atoms with Gasteiger partial charge in [0.1, 0.15) is 0 Å². The van der Waals surface area contributed by atoms with Crippen molar-refractivity contribution in [3.05, 3.63) is 35.1 Å². The van der Waals surface area contributed by atoms with Gasteiger partial charge in [-0.2, -0.15) is 0 Å². The van der Waals surface area contributed by atoms with E-state index in [2.05, 4.69) is 11.3 Å². The molecule has 0 saturated heterocycles. The molecule has 3 N–H and O–H groups in total. The molecule has 0 aliphatic heterocycles. The van der Waals surface area contributed by atoms with Crippen LogP contribution in [0.2, 0.25) is 0 Å². The number of nitrogens with two attached hydrogens (primary N) is 1. The first-order valence-electron chi connectivity index (χ1n) is 4.64. The SMILES string of the molecule is C#CCCC(NN)c1cc(F)c(F)c(F)c1. The van der Waals surface area contributed by atoms with E-state index in [4.69, 9.17) is 12.3 Å². The molecule has 1 atom stereocenters. The van der Waals surface area contributed by atoms with Gasteiger partial charge in [0.2, 0.25) is 0 Å². The fourth-order valence-electron chi connectivity index (χ4n) is 1.35. The van der Waals surface area contributed by atoms with Crippen LogP contribution in [0.25, 0.3) is 0 Å². The second-order valence-electron chi connectivity index (χ2n) is 3.26. The van der Waals surface area contributed by atoms with Gasteiger partial charge >= 0.3 is 0 Å². The van der Waals surface area contributed by atoms with Gasteiger partial charge in [0.25, 0.3) is 0 Å². The molecule has 1 unspecified atom stereocenters. The lowest BCUT2D eigenvalue weighted by Crippen LogP contribution is -2.28. The fraction of sp³-hybridized carbons (Fsp3) is 0.273. The molecule has 86 valence electrons. The van der Waals surface area contributed by atoms with Crippen LogP contribution >= 0.6 is 0 Å². The number of hydrazine groups is 1. The first-order valence-corrected chi connectivity index (χ1v) is 4.64. The van der Waals surface area contributed by atoms with Gasteiger partial charge in [0.05, 0.1) is 0 Å². The minimum Gasteiger partial charge on any atom is -0.271 e. The lowest BCUT2D eigenvalue weighted by atomic mass is 10.0. The Kier molecular flexibility index (Phi) is 4.35. The third kappa shape index (κ3) is 2.75. The Morgan fingerprint density at radius 2 is 1.88 bits per heavy atom. The number of hydrogen-bond donors (Lipinski definition) is 2. The minimum atomic E-state index is -1.49. The molecule has 0 spiro atoms. The highest BCUT2D eigenvalue weighted by Gasteiger charge is 2.15. The Balaban J connectivity index is 2.98. The highest BCUT2D eigenvalue weighted by atomic mass is 19.2. The van der Waals surface area contributed by atoms with Crippen LogP contribution in [0.4, 0.5) is 13.2 Å². The monoisotopic (exact) mass is 228 g/mol. The molecule has 1 aromatic carbocycles. The van der Waals surface area contributed by atoms with Crippen molar-refractivity contribution >= 4 is 0 Å². The van der Waals surface area contributed by atoms with Gasteiger partial charge in [-0.25, -0.2) is 13.2 Å². The van der Waals surface area contributed by atoms with Gasteiger partial charge in [0.15, 0.2) is 17.5 Å². The van der Waals surface area contributed by atoms with Crippen molar-refractivity contribution in [2.24, 2.45) is 5.84 Å². The molecule has 16 heavy (non-hydrogen) atoms. The summed E-state index contributed by atoms with van der Waals surface area (Å²) in [4.78, 5) is 0. The molecule has 0 aliphatic carbocycles. The number of rotatable bonds is 4. The van der Waals surface area contributed by atoms with Gasteiger partial charge in [-0.15, -0.1) is 12.3 Å². The van der Waals surface area contributed by atoms with E-state index in [1.165, 1.54) is 0 Å². The van der Waals surface area contributed by atoms with Crippen LogP contribution in [0, 0.1) is 29.8 Å². The van der Waals surface area contributed by atoms with Crippen LogP contribution in [0.1, 0.15) is 24.4 Å². The molecule has 1 rings (SSSR count). The van der Waals surface area contributed by atoms with E-state index in [1.54, 1.807) is 0 Å². The number of nitrogens with one attached hydrogen (secondary N) is 1. The molecule has 0 heterocycles. The zero-order chi connectivity index (χ0) is 12.1. The van der Waals surface area contributed by atoms with E-state index in [0.717, 1.165) is 12.1 Å². The summed E-state index contributed by atoms with van der Waals surface area (Å²) in [7, 11) is 0. The Labute approximate surface area is 91.6 Å². The number of terminal acetylenes is 1. The third-order valence-electron chi connectivity index (χ3n) is 2.19. The van der Waals surface area contributed by atoms with Crippen LogP contribution in [-0.4, -0.2) is 0 Å². The van der Waals surface area contributed by atoms with Crippen LogP contribution in [0.5, 0.6) is 0 Å². The number of halogens is 3. The Hall–Kier alpha value is -1.51. The summed E-state index contributed by atoms with van der Waals surface area (Å²) in [6, 6.07) is 1.31. The molecule has 0 fully saturated rings. The van der Waals surface area contributed by atoms with E-state index >= 15 is 0 Å². The van der Waals surface area contributed by atoms with Gasteiger partial charge in [-0.1, -0.05) is 0 Å². The number of benzene rings is 1. The lowest BCUT2D eigenvalue weighted by Gasteiger charge is -2.15. The molecule has 0 saturated carbocycles. The summed E-state index contributed by atoms with van der Waals surface area (Å²) < 4.78 is 38.6.